The number of hydrogen-bond acceptors (Lipinski definition) is 2. The van der Waals surface area contributed by atoms with Crippen molar-refractivity contribution < 1.29 is 0 Å². The first kappa shape index (κ1) is 11.6. The summed E-state index contributed by atoms with van der Waals surface area (Å²) >= 11 is 0. The Morgan fingerprint density at radius 2 is 2.31 bits per heavy atom. The van der Waals surface area contributed by atoms with Gasteiger partial charge < -0.3 is 5.32 Å². The molecule has 88 valence electrons. The molecule has 0 radical (unpaired) electrons. The van der Waals surface area contributed by atoms with Gasteiger partial charge in [0.2, 0.25) is 0 Å². The molecule has 1 aromatic rings. The van der Waals surface area contributed by atoms with Gasteiger partial charge in [0.05, 0.1) is 0 Å². The molecule has 1 saturated carbocycles. The van der Waals surface area contributed by atoms with Gasteiger partial charge >= 0.3 is 0 Å². The van der Waals surface area contributed by atoms with Crippen molar-refractivity contribution in [2.24, 2.45) is 5.41 Å². The quantitative estimate of drug-likeness (QED) is 0.840. The van der Waals surface area contributed by atoms with E-state index in [4.69, 9.17) is 0 Å². The predicted octanol–water partition coefficient (Wildman–Crippen LogP) is 2.96. The molecule has 1 aliphatic carbocycles. The molecule has 0 amide bonds. The van der Waals surface area contributed by atoms with Crippen LogP contribution in [0.5, 0.6) is 0 Å². The molecule has 0 spiro atoms. The summed E-state index contributed by atoms with van der Waals surface area (Å²) in [6.07, 6.45) is 6.36. The summed E-state index contributed by atoms with van der Waals surface area (Å²) in [6, 6.07) is 4.94. The first-order valence-corrected chi connectivity index (χ1v) is 6.35. The highest BCUT2D eigenvalue weighted by atomic mass is 15.0. The fourth-order valence-electron chi connectivity index (χ4n) is 3.01. The minimum atomic E-state index is 0.402. The Morgan fingerprint density at radius 3 is 2.88 bits per heavy atom. The Labute approximate surface area is 98.5 Å². The van der Waals surface area contributed by atoms with Gasteiger partial charge in [0.15, 0.2) is 0 Å². The standard InChI is InChI=1S/C14H22N2/c1-4-14(3)12(9-13(14)16-5-2)11-7-6-8-15-10-11/h6-8,10,12-13,16H,4-5,9H2,1-3H3. The van der Waals surface area contributed by atoms with Crippen LogP contribution >= 0.6 is 0 Å². The normalized spacial score (nSPS) is 33.4. The van der Waals surface area contributed by atoms with Gasteiger partial charge in [-0.25, -0.2) is 0 Å². The van der Waals surface area contributed by atoms with Crippen LogP contribution in [0, 0.1) is 5.41 Å². The van der Waals surface area contributed by atoms with E-state index < -0.39 is 0 Å². The molecule has 16 heavy (non-hydrogen) atoms. The summed E-state index contributed by atoms with van der Waals surface area (Å²) in [5.41, 5.74) is 1.81. The number of nitrogens with one attached hydrogen (secondary N) is 1. The fraction of sp³-hybridized carbons (Fsp3) is 0.643. The van der Waals surface area contributed by atoms with Crippen molar-refractivity contribution in [1.29, 1.82) is 0 Å². The van der Waals surface area contributed by atoms with Gasteiger partial charge in [-0.15, -0.1) is 0 Å². The van der Waals surface area contributed by atoms with Crippen molar-refractivity contribution in [2.75, 3.05) is 6.54 Å². The van der Waals surface area contributed by atoms with E-state index in [1.807, 2.05) is 18.5 Å². The highest BCUT2D eigenvalue weighted by molar-refractivity contribution is 5.25. The van der Waals surface area contributed by atoms with Crippen molar-refractivity contribution in [3.63, 3.8) is 0 Å². The van der Waals surface area contributed by atoms with Gasteiger partial charge in [0.25, 0.3) is 0 Å². The monoisotopic (exact) mass is 218 g/mol. The van der Waals surface area contributed by atoms with E-state index in [1.54, 1.807) is 0 Å². The van der Waals surface area contributed by atoms with Crippen molar-refractivity contribution in [3.8, 4) is 0 Å². The molecule has 1 fully saturated rings. The van der Waals surface area contributed by atoms with E-state index in [2.05, 4.69) is 37.1 Å². The lowest BCUT2D eigenvalue weighted by Gasteiger charge is -2.54. The van der Waals surface area contributed by atoms with Crippen LogP contribution in [0.25, 0.3) is 0 Å². The van der Waals surface area contributed by atoms with Crippen LogP contribution in [0.15, 0.2) is 24.5 Å². The molecular formula is C14H22N2. The third kappa shape index (κ3) is 1.75. The van der Waals surface area contributed by atoms with Gasteiger partial charge in [-0.1, -0.05) is 26.8 Å². The van der Waals surface area contributed by atoms with Gasteiger partial charge in [-0.3, -0.25) is 4.98 Å². The van der Waals surface area contributed by atoms with Gasteiger partial charge in [-0.05, 0) is 42.3 Å². The van der Waals surface area contributed by atoms with Crippen LogP contribution in [0.4, 0.5) is 0 Å². The predicted molar refractivity (Wildman–Crippen MR) is 67.5 cm³/mol. The molecule has 1 heterocycles. The summed E-state index contributed by atoms with van der Waals surface area (Å²) < 4.78 is 0. The number of aromatic nitrogens is 1. The van der Waals surface area contributed by atoms with E-state index in [0.717, 1.165) is 6.54 Å². The van der Waals surface area contributed by atoms with E-state index in [-0.39, 0.29) is 0 Å². The second-order valence-corrected chi connectivity index (χ2v) is 5.04. The van der Waals surface area contributed by atoms with Crippen LogP contribution in [-0.2, 0) is 0 Å². The van der Waals surface area contributed by atoms with E-state index in [9.17, 15) is 0 Å². The lowest BCUT2D eigenvalue weighted by Crippen LogP contribution is -2.56. The third-order valence-electron chi connectivity index (χ3n) is 4.36. The average molecular weight is 218 g/mol. The van der Waals surface area contributed by atoms with Crippen LogP contribution in [0.1, 0.15) is 45.1 Å². The average Bonchev–Trinajstić information content (AvgIpc) is 2.34. The molecule has 0 aromatic carbocycles. The maximum atomic E-state index is 4.24. The summed E-state index contributed by atoms with van der Waals surface area (Å²) in [4.78, 5) is 4.24. The van der Waals surface area contributed by atoms with E-state index >= 15 is 0 Å². The Kier molecular flexibility index (Phi) is 3.29. The van der Waals surface area contributed by atoms with Crippen molar-refractivity contribution in [1.82, 2.24) is 10.3 Å². The Morgan fingerprint density at radius 1 is 1.50 bits per heavy atom. The molecular weight excluding hydrogens is 196 g/mol. The number of pyridine rings is 1. The molecule has 1 N–H and O–H groups in total. The SMILES string of the molecule is CCNC1CC(c2cccnc2)C1(C)CC. The van der Waals surface area contributed by atoms with Crippen LogP contribution in [0.2, 0.25) is 0 Å². The lowest BCUT2D eigenvalue weighted by molar-refractivity contribution is 0.0453. The smallest absolute Gasteiger partial charge is 0.0302 e. The molecule has 1 aromatic heterocycles. The first-order valence-electron chi connectivity index (χ1n) is 6.35. The summed E-state index contributed by atoms with van der Waals surface area (Å²) in [7, 11) is 0. The van der Waals surface area contributed by atoms with Crippen LogP contribution in [-0.4, -0.2) is 17.6 Å². The minimum Gasteiger partial charge on any atom is -0.314 e. The topological polar surface area (TPSA) is 24.9 Å². The highest BCUT2D eigenvalue weighted by Crippen LogP contribution is 2.54. The summed E-state index contributed by atoms with van der Waals surface area (Å²) in [5.74, 6) is 0.676. The van der Waals surface area contributed by atoms with Crippen molar-refractivity contribution in [3.05, 3.63) is 30.1 Å². The second-order valence-electron chi connectivity index (χ2n) is 5.04. The molecule has 2 heteroatoms. The largest absolute Gasteiger partial charge is 0.314 e. The van der Waals surface area contributed by atoms with Gasteiger partial charge in [0, 0.05) is 18.4 Å². The Hall–Kier alpha value is -0.890. The van der Waals surface area contributed by atoms with Gasteiger partial charge in [0.1, 0.15) is 0 Å². The van der Waals surface area contributed by atoms with E-state index in [0.29, 0.717) is 17.4 Å². The maximum absolute atomic E-state index is 4.24. The van der Waals surface area contributed by atoms with Crippen LogP contribution in [0.3, 0.4) is 0 Å². The second kappa shape index (κ2) is 4.54. The molecule has 2 rings (SSSR count). The zero-order valence-corrected chi connectivity index (χ0v) is 10.5. The van der Waals surface area contributed by atoms with E-state index in [1.165, 1.54) is 18.4 Å². The lowest BCUT2D eigenvalue weighted by atomic mass is 9.54. The highest BCUT2D eigenvalue weighted by Gasteiger charge is 2.50. The third-order valence-corrected chi connectivity index (χ3v) is 4.36. The Balaban J connectivity index is 2.14. The molecule has 0 saturated heterocycles. The van der Waals surface area contributed by atoms with Crippen molar-refractivity contribution >= 4 is 0 Å². The molecule has 0 aliphatic heterocycles. The first-order chi connectivity index (χ1) is 7.72. The Bertz CT molecular complexity index is 336. The summed E-state index contributed by atoms with van der Waals surface area (Å²) in [6.45, 7) is 7.96. The summed E-state index contributed by atoms with van der Waals surface area (Å²) in [5, 5.41) is 3.60. The molecule has 3 atom stereocenters. The molecule has 3 unspecified atom stereocenters. The fourth-order valence-corrected chi connectivity index (χ4v) is 3.01. The molecule has 0 bridgehead atoms. The number of hydrogen-bond donors (Lipinski definition) is 1. The molecule has 1 aliphatic rings. The van der Waals surface area contributed by atoms with Crippen molar-refractivity contribution in [2.45, 2.75) is 45.6 Å². The number of rotatable bonds is 4. The minimum absolute atomic E-state index is 0.402. The van der Waals surface area contributed by atoms with Gasteiger partial charge in [-0.2, -0.15) is 0 Å². The zero-order chi connectivity index (χ0) is 11.6. The maximum Gasteiger partial charge on any atom is 0.0302 e. The molecule has 2 nitrogen and oxygen atoms in total. The number of nitrogens with zero attached hydrogens (tertiary/aromatic N) is 1. The zero-order valence-electron chi connectivity index (χ0n) is 10.5. The van der Waals surface area contributed by atoms with Crippen LogP contribution < -0.4 is 5.32 Å².